The fourth-order valence-corrected chi connectivity index (χ4v) is 3.24. The number of carbonyl (C=O) groups excluding carboxylic acids is 2. The maximum absolute atomic E-state index is 12.2. The highest BCUT2D eigenvalue weighted by atomic mass is 16.6. The van der Waals surface area contributed by atoms with Gasteiger partial charge in [0.1, 0.15) is 6.10 Å². The minimum absolute atomic E-state index is 0.0806. The van der Waals surface area contributed by atoms with E-state index >= 15 is 0 Å². The Labute approximate surface area is 137 Å². The van der Waals surface area contributed by atoms with Gasteiger partial charge >= 0.3 is 0 Å². The highest BCUT2D eigenvalue weighted by Gasteiger charge is 2.37. The van der Waals surface area contributed by atoms with Gasteiger partial charge < -0.3 is 14.2 Å². The Morgan fingerprint density at radius 2 is 1.83 bits per heavy atom. The molecule has 2 aliphatic rings. The zero-order valence-corrected chi connectivity index (χ0v) is 13.9. The molecule has 6 heteroatoms. The van der Waals surface area contributed by atoms with E-state index in [0.717, 1.165) is 12.8 Å². The molecular weight excluding hydrogens is 298 g/mol. The third-order valence-corrected chi connectivity index (χ3v) is 4.50. The maximum Gasteiger partial charge on any atom is 0.253 e. The summed E-state index contributed by atoms with van der Waals surface area (Å²) in [6, 6.07) is 0. The lowest BCUT2D eigenvalue weighted by molar-refractivity contribution is -0.139. The van der Waals surface area contributed by atoms with Crippen LogP contribution in [0, 0.1) is 5.92 Å². The summed E-state index contributed by atoms with van der Waals surface area (Å²) in [5.41, 5.74) is 0. The highest BCUT2D eigenvalue weighted by molar-refractivity contribution is 6.05. The van der Waals surface area contributed by atoms with Gasteiger partial charge in [-0.1, -0.05) is 12.2 Å². The fraction of sp³-hybridized carbons (Fsp3) is 0.647. The average Bonchev–Trinajstić information content (AvgIpc) is 2.58. The molecule has 1 aliphatic carbocycles. The van der Waals surface area contributed by atoms with Crippen LogP contribution in [0.4, 0.5) is 0 Å². The Bertz CT molecular complexity index is 473. The summed E-state index contributed by atoms with van der Waals surface area (Å²) in [6.45, 7) is 0.441. The first-order valence-electron chi connectivity index (χ1n) is 7.89. The molecule has 23 heavy (non-hydrogen) atoms. The van der Waals surface area contributed by atoms with Crippen LogP contribution in [0.3, 0.4) is 0 Å². The van der Waals surface area contributed by atoms with Crippen LogP contribution >= 0.6 is 0 Å². The summed E-state index contributed by atoms with van der Waals surface area (Å²) in [5, 5.41) is 0. The third-order valence-electron chi connectivity index (χ3n) is 4.50. The second-order valence-electron chi connectivity index (χ2n) is 5.86. The Balaban J connectivity index is 2.00. The zero-order valence-electron chi connectivity index (χ0n) is 13.9. The topological polar surface area (TPSA) is 65.1 Å². The number of nitrogens with zero attached hydrogens (tertiary/aromatic N) is 1. The molecule has 0 bridgehead atoms. The first kappa shape index (κ1) is 17.8. The normalized spacial score (nSPS) is 31.8. The Morgan fingerprint density at radius 1 is 1.17 bits per heavy atom. The van der Waals surface area contributed by atoms with Crippen LogP contribution in [0.15, 0.2) is 24.3 Å². The second kappa shape index (κ2) is 8.38. The molecule has 0 aromatic rings. The zero-order chi connectivity index (χ0) is 16.8. The van der Waals surface area contributed by atoms with E-state index in [9.17, 15) is 9.59 Å². The SMILES string of the molecule is COC1CC(/C=C/C(=O)N2CCC=CC2=O)CC(OC)C1OC. The molecule has 1 heterocycles. The molecule has 128 valence electrons. The number of carbonyl (C=O) groups is 2. The number of rotatable bonds is 5. The molecule has 0 spiro atoms. The molecular formula is C17H25NO5. The lowest BCUT2D eigenvalue weighted by atomic mass is 9.82. The van der Waals surface area contributed by atoms with Crippen molar-refractivity contribution in [3.8, 4) is 0 Å². The van der Waals surface area contributed by atoms with E-state index in [2.05, 4.69) is 0 Å². The molecule has 2 atom stereocenters. The van der Waals surface area contributed by atoms with Crippen LogP contribution < -0.4 is 0 Å². The number of ether oxygens (including phenoxy) is 3. The van der Waals surface area contributed by atoms with Gasteiger partial charge in [0.05, 0.1) is 12.2 Å². The molecule has 0 aromatic heterocycles. The summed E-state index contributed by atoms with van der Waals surface area (Å²) in [5.74, 6) is -0.370. The van der Waals surface area contributed by atoms with Crippen LogP contribution in [0.25, 0.3) is 0 Å². The van der Waals surface area contributed by atoms with Crippen LogP contribution in [0.2, 0.25) is 0 Å². The van der Waals surface area contributed by atoms with Gasteiger partial charge in [0.15, 0.2) is 0 Å². The van der Waals surface area contributed by atoms with E-state index in [1.807, 2.05) is 6.08 Å². The molecule has 2 rings (SSSR count). The second-order valence-corrected chi connectivity index (χ2v) is 5.86. The lowest BCUT2D eigenvalue weighted by Crippen LogP contribution is -2.47. The summed E-state index contributed by atoms with van der Waals surface area (Å²) in [6.07, 6.45) is 8.53. The highest BCUT2D eigenvalue weighted by Crippen LogP contribution is 2.31. The van der Waals surface area contributed by atoms with Crippen LogP contribution in [0.1, 0.15) is 19.3 Å². The lowest BCUT2D eigenvalue weighted by Gasteiger charge is -2.38. The molecule has 1 fully saturated rings. The number of hydrogen-bond acceptors (Lipinski definition) is 5. The average molecular weight is 323 g/mol. The van der Waals surface area contributed by atoms with Crippen molar-refractivity contribution in [2.24, 2.45) is 5.92 Å². The molecule has 0 saturated heterocycles. The van der Waals surface area contributed by atoms with Crippen molar-refractivity contribution in [1.82, 2.24) is 4.90 Å². The largest absolute Gasteiger partial charge is 0.379 e. The van der Waals surface area contributed by atoms with Crippen molar-refractivity contribution in [3.05, 3.63) is 24.3 Å². The van der Waals surface area contributed by atoms with Crippen molar-refractivity contribution in [2.75, 3.05) is 27.9 Å². The Morgan fingerprint density at radius 3 is 2.35 bits per heavy atom. The molecule has 0 radical (unpaired) electrons. The standard InChI is InChI=1S/C17H25NO5/c1-21-13-10-12(11-14(22-2)17(13)23-3)7-8-16(20)18-9-5-4-6-15(18)19/h4,6-8,12-14,17H,5,9-11H2,1-3H3/b8-7+. The number of imide groups is 1. The van der Waals surface area contributed by atoms with Crippen LogP contribution in [-0.2, 0) is 23.8 Å². The molecule has 2 amide bonds. The minimum Gasteiger partial charge on any atom is -0.379 e. The summed E-state index contributed by atoms with van der Waals surface area (Å²) in [7, 11) is 4.96. The van der Waals surface area contributed by atoms with Gasteiger partial charge in [-0.15, -0.1) is 0 Å². The van der Waals surface area contributed by atoms with Crippen molar-refractivity contribution < 1.29 is 23.8 Å². The number of hydrogen-bond donors (Lipinski definition) is 0. The summed E-state index contributed by atoms with van der Waals surface area (Å²) < 4.78 is 16.5. The van der Waals surface area contributed by atoms with Gasteiger partial charge in [0.25, 0.3) is 11.8 Å². The molecule has 6 nitrogen and oxygen atoms in total. The van der Waals surface area contributed by atoms with Crippen LogP contribution in [0.5, 0.6) is 0 Å². The molecule has 2 unspecified atom stereocenters. The summed E-state index contributed by atoms with van der Waals surface area (Å²) >= 11 is 0. The van der Waals surface area contributed by atoms with Gasteiger partial charge in [0, 0.05) is 27.9 Å². The maximum atomic E-state index is 12.2. The first-order valence-corrected chi connectivity index (χ1v) is 7.89. The number of methoxy groups -OCH3 is 3. The molecule has 0 N–H and O–H groups in total. The molecule has 1 saturated carbocycles. The van der Waals surface area contributed by atoms with E-state index in [0.29, 0.717) is 13.0 Å². The first-order chi connectivity index (χ1) is 11.1. The van der Waals surface area contributed by atoms with Crippen molar-refractivity contribution in [2.45, 2.75) is 37.6 Å². The van der Waals surface area contributed by atoms with E-state index in [-0.39, 0.29) is 36.0 Å². The summed E-state index contributed by atoms with van der Waals surface area (Å²) in [4.78, 5) is 25.1. The number of amides is 2. The Kier molecular flexibility index (Phi) is 6.50. The minimum atomic E-state index is -0.267. The van der Waals surface area contributed by atoms with Crippen molar-refractivity contribution >= 4 is 11.8 Å². The van der Waals surface area contributed by atoms with E-state index < -0.39 is 0 Å². The smallest absolute Gasteiger partial charge is 0.253 e. The van der Waals surface area contributed by atoms with Gasteiger partial charge in [-0.2, -0.15) is 0 Å². The van der Waals surface area contributed by atoms with E-state index in [1.165, 1.54) is 17.1 Å². The fourth-order valence-electron chi connectivity index (χ4n) is 3.24. The van der Waals surface area contributed by atoms with Crippen LogP contribution in [-0.4, -0.2) is 62.9 Å². The van der Waals surface area contributed by atoms with Gasteiger partial charge in [-0.25, -0.2) is 0 Å². The molecule has 0 aromatic carbocycles. The van der Waals surface area contributed by atoms with Gasteiger partial charge in [-0.05, 0) is 37.3 Å². The molecule has 1 aliphatic heterocycles. The predicted molar refractivity (Wildman–Crippen MR) is 84.7 cm³/mol. The van der Waals surface area contributed by atoms with Crippen molar-refractivity contribution in [3.63, 3.8) is 0 Å². The Hall–Kier alpha value is -1.50. The monoisotopic (exact) mass is 323 g/mol. The van der Waals surface area contributed by atoms with Gasteiger partial charge in [-0.3, -0.25) is 14.5 Å². The predicted octanol–water partition coefficient (Wildman–Crippen LogP) is 1.31. The third kappa shape index (κ3) is 4.28. The van der Waals surface area contributed by atoms with E-state index in [4.69, 9.17) is 14.2 Å². The van der Waals surface area contributed by atoms with Crippen molar-refractivity contribution in [1.29, 1.82) is 0 Å². The van der Waals surface area contributed by atoms with Gasteiger partial charge in [0.2, 0.25) is 0 Å². The number of allylic oxidation sites excluding steroid dienone is 1. The quantitative estimate of drug-likeness (QED) is 0.714. The van der Waals surface area contributed by atoms with E-state index in [1.54, 1.807) is 27.4 Å².